The van der Waals surface area contributed by atoms with E-state index in [1.165, 1.54) is 11.3 Å². The first-order valence-electron chi connectivity index (χ1n) is 6.32. The van der Waals surface area contributed by atoms with Crippen LogP contribution in [0.15, 0.2) is 29.3 Å². The van der Waals surface area contributed by atoms with E-state index in [9.17, 15) is 0 Å². The van der Waals surface area contributed by atoms with Crippen molar-refractivity contribution in [1.29, 1.82) is 0 Å². The van der Waals surface area contributed by atoms with Gasteiger partial charge in [0.2, 0.25) is 0 Å². The summed E-state index contributed by atoms with van der Waals surface area (Å²) in [5.74, 6) is 0.173. The molecule has 1 aromatic carbocycles. The van der Waals surface area contributed by atoms with Crippen LogP contribution in [0.4, 0.5) is 5.69 Å². The molecule has 0 fully saturated rings. The number of hydrogen-bond donors (Lipinski definition) is 4. The Kier molecular flexibility index (Phi) is 5.94. The number of guanidine groups is 1. The summed E-state index contributed by atoms with van der Waals surface area (Å²) in [7, 11) is -4.67. The highest BCUT2D eigenvalue weighted by Crippen LogP contribution is 2.31. The molecule has 2 rings (SSSR count). The summed E-state index contributed by atoms with van der Waals surface area (Å²) < 4.78 is 31.6. The molecule has 8 nitrogen and oxygen atoms in total. The van der Waals surface area contributed by atoms with Crippen LogP contribution in [0.3, 0.4) is 0 Å². The highest BCUT2D eigenvalue weighted by atomic mass is 32.3. The molecular weight excluding hydrogens is 296 g/mol. The van der Waals surface area contributed by atoms with Gasteiger partial charge in [0.05, 0.1) is 12.6 Å². The lowest BCUT2D eigenvalue weighted by molar-refractivity contribution is 0.381. The van der Waals surface area contributed by atoms with Crippen LogP contribution in [0.25, 0.3) is 0 Å². The lowest BCUT2D eigenvalue weighted by Gasteiger charge is -2.24. The minimum Gasteiger partial charge on any atom is -0.370 e. The lowest BCUT2D eigenvalue weighted by atomic mass is 10.1. The van der Waals surface area contributed by atoms with Gasteiger partial charge < -0.3 is 16.4 Å². The molecule has 1 aliphatic heterocycles. The highest BCUT2D eigenvalue weighted by Gasteiger charge is 2.27. The van der Waals surface area contributed by atoms with Gasteiger partial charge >= 0.3 is 10.4 Å². The van der Waals surface area contributed by atoms with E-state index in [1.54, 1.807) is 0 Å². The number of fused-ring (bicyclic) bond motifs is 1. The molecule has 118 valence electrons. The van der Waals surface area contributed by atoms with Gasteiger partial charge in [0, 0.05) is 12.2 Å². The molecule has 1 heterocycles. The van der Waals surface area contributed by atoms with E-state index in [2.05, 4.69) is 41.1 Å². The van der Waals surface area contributed by atoms with Crippen molar-refractivity contribution >= 4 is 22.0 Å². The van der Waals surface area contributed by atoms with E-state index in [-0.39, 0.29) is 5.96 Å². The Labute approximate surface area is 124 Å². The third-order valence-corrected chi connectivity index (χ3v) is 3.02. The number of anilines is 1. The van der Waals surface area contributed by atoms with Crippen LogP contribution < -0.4 is 16.4 Å². The van der Waals surface area contributed by atoms with E-state index >= 15 is 0 Å². The van der Waals surface area contributed by atoms with Gasteiger partial charge in [-0.05, 0) is 25.0 Å². The molecule has 1 aliphatic rings. The van der Waals surface area contributed by atoms with E-state index < -0.39 is 10.4 Å². The van der Waals surface area contributed by atoms with E-state index in [0.717, 1.165) is 13.0 Å². The Bertz CT molecular complexity index is 591. The molecule has 0 radical (unpaired) electrons. The topological polar surface area (TPSA) is 142 Å². The lowest BCUT2D eigenvalue weighted by Crippen LogP contribution is -2.35. The van der Waals surface area contributed by atoms with Crippen molar-refractivity contribution in [3.05, 3.63) is 29.8 Å². The summed E-state index contributed by atoms with van der Waals surface area (Å²) in [5.41, 5.74) is 13.5. The van der Waals surface area contributed by atoms with Crippen molar-refractivity contribution in [2.45, 2.75) is 19.4 Å². The molecule has 0 saturated carbocycles. The Hall–Kier alpha value is -1.84. The maximum Gasteiger partial charge on any atom is 0.394 e. The molecule has 9 heteroatoms. The molecule has 1 unspecified atom stereocenters. The molecule has 21 heavy (non-hydrogen) atoms. The molecule has 1 aromatic rings. The molecule has 0 aliphatic carbocycles. The number of likely N-dealkylation sites (N-methyl/N-ethyl adjacent to an activating group) is 1. The normalized spacial score (nSPS) is 16.7. The first-order chi connectivity index (χ1) is 9.72. The quantitative estimate of drug-likeness (QED) is 0.351. The summed E-state index contributed by atoms with van der Waals surface area (Å²) in [6, 6.07) is 8.88. The van der Waals surface area contributed by atoms with Crippen LogP contribution in [-0.2, 0) is 16.8 Å². The molecular formula is C12H20N4O4S. The van der Waals surface area contributed by atoms with Gasteiger partial charge in [-0.25, -0.2) is 0 Å². The highest BCUT2D eigenvalue weighted by molar-refractivity contribution is 7.79. The minimum absolute atomic E-state index is 0.173. The SMILES string of the molecule is CCN1c2ccccc2CC1CN=C(N)N.O=S(=O)(O)O. The Morgan fingerprint density at radius 1 is 1.38 bits per heavy atom. The second-order valence-electron chi connectivity index (χ2n) is 4.49. The van der Waals surface area contributed by atoms with E-state index in [0.29, 0.717) is 12.6 Å². The molecule has 0 bridgehead atoms. The van der Waals surface area contributed by atoms with Gasteiger partial charge in [0.1, 0.15) is 0 Å². The smallest absolute Gasteiger partial charge is 0.370 e. The second-order valence-corrected chi connectivity index (χ2v) is 5.38. The molecule has 0 aromatic heterocycles. The monoisotopic (exact) mass is 316 g/mol. The molecule has 0 amide bonds. The summed E-state index contributed by atoms with van der Waals surface area (Å²) in [4.78, 5) is 6.48. The first kappa shape index (κ1) is 17.2. The van der Waals surface area contributed by atoms with E-state index in [1.807, 2.05) is 0 Å². The number of rotatable bonds is 3. The van der Waals surface area contributed by atoms with Gasteiger partial charge in [-0.1, -0.05) is 18.2 Å². The predicted molar refractivity (Wildman–Crippen MR) is 81.8 cm³/mol. The fourth-order valence-electron chi connectivity index (χ4n) is 2.33. The maximum absolute atomic E-state index is 8.74. The summed E-state index contributed by atoms with van der Waals surface area (Å²) in [5, 5.41) is 0. The third kappa shape index (κ3) is 5.98. The van der Waals surface area contributed by atoms with Crippen LogP contribution >= 0.6 is 0 Å². The molecule has 0 saturated heterocycles. The Morgan fingerprint density at radius 3 is 2.48 bits per heavy atom. The van der Waals surface area contributed by atoms with Crippen LogP contribution in [0, 0.1) is 0 Å². The van der Waals surface area contributed by atoms with Gasteiger partial charge in [0.15, 0.2) is 5.96 Å². The van der Waals surface area contributed by atoms with Crippen LogP contribution in [-0.4, -0.2) is 42.6 Å². The number of hydrogen-bond acceptors (Lipinski definition) is 4. The van der Waals surface area contributed by atoms with Crippen LogP contribution in [0.5, 0.6) is 0 Å². The Morgan fingerprint density at radius 2 is 1.95 bits per heavy atom. The van der Waals surface area contributed by atoms with Crippen molar-refractivity contribution in [2.24, 2.45) is 16.5 Å². The van der Waals surface area contributed by atoms with Gasteiger partial charge in [0.25, 0.3) is 0 Å². The largest absolute Gasteiger partial charge is 0.394 e. The van der Waals surface area contributed by atoms with E-state index in [4.69, 9.17) is 29.0 Å². The number of nitrogens with two attached hydrogens (primary N) is 2. The predicted octanol–water partition coefficient (Wildman–Crippen LogP) is 0.0582. The standard InChI is InChI=1S/C12H18N4.H2O4S/c1-2-16-10(8-15-12(13)14)7-9-5-3-4-6-11(9)16;1-5(2,3)4/h3-6,10H,2,7-8H2,1H3,(H4,13,14,15);(H2,1,2,3,4). The van der Waals surface area contributed by atoms with Crippen molar-refractivity contribution in [1.82, 2.24) is 0 Å². The number of nitrogens with zero attached hydrogens (tertiary/aromatic N) is 2. The Balaban J connectivity index is 0.000000383. The second kappa shape index (κ2) is 7.25. The fourth-order valence-corrected chi connectivity index (χ4v) is 2.33. The van der Waals surface area contributed by atoms with Crippen molar-refractivity contribution in [3.8, 4) is 0 Å². The van der Waals surface area contributed by atoms with Crippen LogP contribution in [0.2, 0.25) is 0 Å². The average molecular weight is 316 g/mol. The van der Waals surface area contributed by atoms with Crippen molar-refractivity contribution in [3.63, 3.8) is 0 Å². The first-order valence-corrected chi connectivity index (χ1v) is 7.72. The fraction of sp³-hybridized carbons (Fsp3) is 0.417. The van der Waals surface area contributed by atoms with Crippen molar-refractivity contribution < 1.29 is 17.5 Å². The number of benzene rings is 1. The molecule has 0 spiro atoms. The zero-order valence-corrected chi connectivity index (χ0v) is 12.5. The summed E-state index contributed by atoms with van der Waals surface area (Å²) in [6.07, 6.45) is 1.03. The van der Waals surface area contributed by atoms with Gasteiger partial charge in [-0.2, -0.15) is 8.42 Å². The molecule has 1 atom stereocenters. The summed E-state index contributed by atoms with van der Waals surface area (Å²) >= 11 is 0. The van der Waals surface area contributed by atoms with Gasteiger partial charge in [-0.3, -0.25) is 14.1 Å². The maximum atomic E-state index is 8.74. The molecule has 6 N–H and O–H groups in total. The number of aliphatic imine (C=N–C) groups is 1. The van der Waals surface area contributed by atoms with Crippen LogP contribution in [0.1, 0.15) is 12.5 Å². The van der Waals surface area contributed by atoms with Crippen molar-refractivity contribution in [2.75, 3.05) is 18.0 Å². The average Bonchev–Trinajstić information content (AvgIpc) is 2.71. The zero-order valence-electron chi connectivity index (χ0n) is 11.7. The zero-order chi connectivity index (χ0) is 16.0. The number of para-hydroxylation sites is 1. The summed E-state index contributed by atoms with van der Waals surface area (Å²) in [6.45, 7) is 3.82. The van der Waals surface area contributed by atoms with Gasteiger partial charge in [-0.15, -0.1) is 0 Å². The minimum atomic E-state index is -4.67. The third-order valence-electron chi connectivity index (χ3n) is 3.02.